The van der Waals surface area contributed by atoms with E-state index in [2.05, 4.69) is 56.0 Å². The van der Waals surface area contributed by atoms with E-state index in [1.54, 1.807) is 11.3 Å². The summed E-state index contributed by atoms with van der Waals surface area (Å²) in [6.45, 7) is 6.10. The fraction of sp³-hybridized carbons (Fsp3) is 0.219. The van der Waals surface area contributed by atoms with Gasteiger partial charge in [0, 0.05) is 26.4 Å². The fourth-order valence-electron chi connectivity index (χ4n) is 5.38. The van der Waals surface area contributed by atoms with Crippen molar-refractivity contribution >= 4 is 73.5 Å². The van der Waals surface area contributed by atoms with Crippen LogP contribution in [0.5, 0.6) is 0 Å². The fourth-order valence-corrected chi connectivity index (χ4v) is 8.18. The van der Waals surface area contributed by atoms with Gasteiger partial charge in [-0.1, -0.05) is 34.1 Å². The van der Waals surface area contributed by atoms with Crippen LogP contribution in [0.1, 0.15) is 56.2 Å². The van der Waals surface area contributed by atoms with E-state index in [1.165, 1.54) is 22.2 Å². The largest absolute Gasteiger partial charge is 0.322 e. The number of amidine groups is 1. The first-order valence-corrected chi connectivity index (χ1v) is 16.0. The minimum Gasteiger partial charge on any atom is -0.322 e. The molecule has 0 radical (unpaired) electrons. The molecule has 2 aromatic heterocycles. The Morgan fingerprint density at radius 3 is 2.63 bits per heavy atom. The Morgan fingerprint density at radius 1 is 1.07 bits per heavy atom. The normalized spacial score (nSPS) is 16.7. The zero-order chi connectivity index (χ0) is 28.7. The van der Waals surface area contributed by atoms with Crippen molar-refractivity contribution < 1.29 is 9.59 Å². The van der Waals surface area contributed by atoms with E-state index < -0.39 is 0 Å². The summed E-state index contributed by atoms with van der Waals surface area (Å²) in [5, 5.41) is 7.53. The highest BCUT2D eigenvalue weighted by Gasteiger charge is 2.29. The molecule has 0 bridgehead atoms. The molecule has 208 valence electrons. The third-order valence-electron chi connectivity index (χ3n) is 7.40. The predicted molar refractivity (Wildman–Crippen MR) is 174 cm³/mol. The van der Waals surface area contributed by atoms with Gasteiger partial charge in [-0.15, -0.1) is 11.3 Å². The quantitative estimate of drug-likeness (QED) is 0.215. The highest BCUT2D eigenvalue weighted by atomic mass is 79.9. The minimum absolute atomic E-state index is 0.0761. The number of halogens is 1. The lowest BCUT2D eigenvalue weighted by Gasteiger charge is -2.14. The van der Waals surface area contributed by atoms with Gasteiger partial charge in [0.1, 0.15) is 5.00 Å². The molecule has 3 heterocycles. The van der Waals surface area contributed by atoms with Crippen LogP contribution in [0.2, 0.25) is 0 Å². The van der Waals surface area contributed by atoms with Crippen LogP contribution in [0.4, 0.5) is 11.4 Å². The van der Waals surface area contributed by atoms with Crippen molar-refractivity contribution in [3.8, 4) is 5.00 Å². The Bertz CT molecular complexity index is 1750. The lowest BCUT2D eigenvalue weighted by Crippen LogP contribution is -2.19. The van der Waals surface area contributed by atoms with E-state index in [0.717, 1.165) is 74.6 Å². The van der Waals surface area contributed by atoms with E-state index in [9.17, 15) is 9.59 Å². The molecule has 1 aliphatic carbocycles. The van der Waals surface area contributed by atoms with Crippen molar-refractivity contribution in [1.82, 2.24) is 9.88 Å². The van der Waals surface area contributed by atoms with Gasteiger partial charge in [-0.05, 0) is 117 Å². The molecular formula is C32H29BrN4O2S2. The Hall–Kier alpha value is -3.40. The SMILES string of the molecule is Cc1cc(Br)ccc1N=C1NC(=O)/C(=C/c2cc(C)n(-c3sc4c(c3C(=O)Nc3ccccc3)CCCC4)c2C)S1. The second kappa shape index (κ2) is 11.5. The number of rotatable bonds is 5. The summed E-state index contributed by atoms with van der Waals surface area (Å²) in [4.78, 5) is 33.2. The van der Waals surface area contributed by atoms with Crippen LogP contribution < -0.4 is 10.6 Å². The third kappa shape index (κ3) is 5.58. The molecule has 41 heavy (non-hydrogen) atoms. The highest BCUT2D eigenvalue weighted by Crippen LogP contribution is 2.40. The molecule has 6 nitrogen and oxygen atoms in total. The van der Waals surface area contributed by atoms with Gasteiger partial charge in [0.25, 0.3) is 11.8 Å². The molecule has 0 spiro atoms. The summed E-state index contributed by atoms with van der Waals surface area (Å²) in [7, 11) is 0. The van der Waals surface area contributed by atoms with E-state index >= 15 is 0 Å². The number of carbonyl (C=O) groups excluding carboxylic acids is 2. The maximum atomic E-state index is 13.7. The number of thioether (sulfide) groups is 1. The van der Waals surface area contributed by atoms with Gasteiger partial charge in [0.15, 0.2) is 5.17 Å². The number of aliphatic imine (C=N–C) groups is 1. The lowest BCUT2D eigenvalue weighted by molar-refractivity contribution is -0.115. The van der Waals surface area contributed by atoms with Gasteiger partial charge in [-0.3, -0.25) is 9.59 Å². The topological polar surface area (TPSA) is 75.5 Å². The molecule has 1 aliphatic heterocycles. The van der Waals surface area contributed by atoms with Crippen LogP contribution in [-0.4, -0.2) is 21.5 Å². The number of hydrogen-bond donors (Lipinski definition) is 2. The number of hydrogen-bond acceptors (Lipinski definition) is 5. The van der Waals surface area contributed by atoms with Gasteiger partial charge in [0.2, 0.25) is 0 Å². The van der Waals surface area contributed by atoms with Crippen LogP contribution >= 0.6 is 39.0 Å². The highest BCUT2D eigenvalue weighted by molar-refractivity contribution is 9.10. The number of thiophene rings is 1. The van der Waals surface area contributed by atoms with Gasteiger partial charge < -0.3 is 15.2 Å². The Kier molecular flexibility index (Phi) is 7.76. The lowest BCUT2D eigenvalue weighted by atomic mass is 9.95. The molecule has 2 aromatic carbocycles. The summed E-state index contributed by atoms with van der Waals surface area (Å²) in [5.41, 5.74) is 7.52. The summed E-state index contributed by atoms with van der Waals surface area (Å²) in [5.74, 6) is -0.240. The van der Waals surface area contributed by atoms with E-state index in [0.29, 0.717) is 10.1 Å². The van der Waals surface area contributed by atoms with E-state index in [-0.39, 0.29) is 11.8 Å². The Balaban J connectivity index is 1.35. The first kappa shape index (κ1) is 27.8. The molecule has 1 saturated heterocycles. The first-order chi connectivity index (χ1) is 19.8. The zero-order valence-electron chi connectivity index (χ0n) is 23.0. The molecule has 1 fully saturated rings. The maximum Gasteiger partial charge on any atom is 0.264 e. The van der Waals surface area contributed by atoms with Gasteiger partial charge in [-0.25, -0.2) is 4.99 Å². The molecular weight excluding hydrogens is 616 g/mol. The molecule has 9 heteroatoms. The van der Waals surface area contributed by atoms with Crippen LogP contribution in [0.25, 0.3) is 11.1 Å². The second-order valence-corrected chi connectivity index (χ2v) is 13.3. The second-order valence-electron chi connectivity index (χ2n) is 10.3. The van der Waals surface area contributed by atoms with Crippen molar-refractivity contribution in [3.63, 3.8) is 0 Å². The number of carbonyl (C=O) groups is 2. The van der Waals surface area contributed by atoms with Crippen molar-refractivity contribution in [2.45, 2.75) is 46.5 Å². The average Bonchev–Trinajstić information content (AvgIpc) is 3.58. The van der Waals surface area contributed by atoms with Crippen molar-refractivity contribution in [1.29, 1.82) is 0 Å². The van der Waals surface area contributed by atoms with Gasteiger partial charge >= 0.3 is 0 Å². The van der Waals surface area contributed by atoms with Crippen LogP contribution in [0.15, 0.2) is 69.0 Å². The molecule has 0 saturated carbocycles. The number of anilines is 1. The summed E-state index contributed by atoms with van der Waals surface area (Å²) in [6.07, 6.45) is 6.07. The number of benzene rings is 2. The number of aromatic nitrogens is 1. The average molecular weight is 646 g/mol. The molecule has 2 N–H and O–H groups in total. The maximum absolute atomic E-state index is 13.7. The van der Waals surface area contributed by atoms with Gasteiger partial charge in [-0.2, -0.15) is 0 Å². The Morgan fingerprint density at radius 2 is 1.85 bits per heavy atom. The predicted octanol–water partition coefficient (Wildman–Crippen LogP) is 8.25. The number of nitrogens with one attached hydrogen (secondary N) is 2. The van der Waals surface area contributed by atoms with E-state index in [4.69, 9.17) is 0 Å². The smallest absolute Gasteiger partial charge is 0.264 e. The number of amides is 2. The first-order valence-electron chi connectivity index (χ1n) is 13.5. The molecule has 2 amide bonds. The number of nitrogens with zero attached hydrogens (tertiary/aromatic N) is 2. The van der Waals surface area contributed by atoms with Gasteiger partial charge in [0.05, 0.1) is 16.2 Å². The third-order valence-corrected chi connectivity index (χ3v) is 10.1. The Labute approximate surface area is 256 Å². The number of aryl methyl sites for hydroxylation is 3. The van der Waals surface area contributed by atoms with Crippen molar-refractivity contribution in [2.24, 2.45) is 4.99 Å². The van der Waals surface area contributed by atoms with Crippen LogP contribution in [-0.2, 0) is 17.6 Å². The molecule has 0 unspecified atom stereocenters. The summed E-state index contributed by atoms with van der Waals surface area (Å²) in [6, 6.07) is 17.6. The standard InChI is InChI=1S/C32H29BrN4O2S2/c1-18-15-22(33)13-14-25(18)35-32-36-29(38)27(41-32)17-21-16-19(2)37(20(21)3)31-28(24-11-7-8-12-26(24)40-31)30(39)34-23-9-5-4-6-10-23/h4-6,9-10,13-17H,7-8,11-12H2,1-3H3,(H,34,39)(H,35,36,38)/b27-17-. The van der Waals surface area contributed by atoms with E-state index in [1.807, 2.05) is 61.5 Å². The minimum atomic E-state index is -0.164. The van der Waals surface area contributed by atoms with Crippen LogP contribution in [0.3, 0.4) is 0 Å². The van der Waals surface area contributed by atoms with Crippen molar-refractivity contribution in [2.75, 3.05) is 5.32 Å². The zero-order valence-corrected chi connectivity index (χ0v) is 26.2. The number of para-hydroxylation sites is 1. The molecule has 4 aromatic rings. The monoisotopic (exact) mass is 644 g/mol. The van der Waals surface area contributed by atoms with Crippen LogP contribution in [0, 0.1) is 20.8 Å². The molecule has 2 aliphatic rings. The number of fused-ring (bicyclic) bond motifs is 1. The molecule has 0 atom stereocenters. The summed E-state index contributed by atoms with van der Waals surface area (Å²) >= 11 is 6.54. The molecule has 6 rings (SSSR count). The summed E-state index contributed by atoms with van der Waals surface area (Å²) < 4.78 is 3.16. The van der Waals surface area contributed by atoms with Crippen molar-refractivity contribution in [3.05, 3.63) is 102 Å².